The summed E-state index contributed by atoms with van der Waals surface area (Å²) >= 11 is 0. The maximum Gasteiger partial charge on any atom is 0.537 e. The van der Waals surface area contributed by atoms with Crippen LogP contribution in [0.2, 0.25) is 0 Å². The summed E-state index contributed by atoms with van der Waals surface area (Å²) in [5, 5.41) is 8.23. The lowest BCUT2D eigenvalue weighted by Crippen LogP contribution is -2.31. The van der Waals surface area contributed by atoms with Crippen LogP contribution in [0.1, 0.15) is 41.0 Å². The molecule has 0 unspecified atom stereocenters. The molecule has 0 heterocycles. The third-order valence-electron chi connectivity index (χ3n) is 1.29. The Kier molecular flexibility index (Phi) is 3.72. The van der Waals surface area contributed by atoms with Crippen LogP contribution < -0.4 is 0 Å². The lowest BCUT2D eigenvalue weighted by molar-refractivity contribution is -0.320. The molecule has 0 saturated carbocycles. The Morgan fingerprint density at radius 2 is 1.69 bits per heavy atom. The summed E-state index contributed by atoms with van der Waals surface area (Å²) in [5.41, 5.74) is -0.512. The predicted octanol–water partition coefficient (Wildman–Crippen LogP) is 2.83. The van der Waals surface area contributed by atoms with Gasteiger partial charge in [-0.15, -0.1) is 0 Å². The fraction of sp³-hybridized carbons (Fsp3) is 0.889. The smallest absolute Gasteiger partial charge is 0.448 e. The Hall–Kier alpha value is -0.770. The van der Waals surface area contributed by atoms with Crippen LogP contribution in [-0.2, 0) is 9.78 Å². The van der Waals surface area contributed by atoms with Crippen LogP contribution in [0.3, 0.4) is 0 Å². The second-order valence-electron chi connectivity index (χ2n) is 4.93. The van der Waals surface area contributed by atoms with E-state index in [1.54, 1.807) is 13.8 Å². The van der Waals surface area contributed by atoms with E-state index in [4.69, 9.17) is 9.99 Å². The van der Waals surface area contributed by atoms with Crippen molar-refractivity contribution in [2.24, 2.45) is 5.41 Å². The van der Waals surface area contributed by atoms with E-state index in [2.05, 4.69) is 25.7 Å². The summed E-state index contributed by atoms with van der Waals surface area (Å²) in [6, 6.07) is 0. The highest BCUT2D eigenvalue weighted by atomic mass is 17.2. The SMILES string of the molecule is CC(C)(C)CC(C)(C)OOC(=O)O. The molecule has 0 amide bonds. The Labute approximate surface area is 78.8 Å². The fourth-order valence-electron chi connectivity index (χ4n) is 1.46. The van der Waals surface area contributed by atoms with Gasteiger partial charge in [0.25, 0.3) is 0 Å². The minimum Gasteiger partial charge on any atom is -0.448 e. The van der Waals surface area contributed by atoms with Crippen molar-refractivity contribution < 1.29 is 19.7 Å². The molecule has 4 nitrogen and oxygen atoms in total. The van der Waals surface area contributed by atoms with Crippen LogP contribution in [0.25, 0.3) is 0 Å². The number of hydrogen-bond acceptors (Lipinski definition) is 3. The average molecular weight is 190 g/mol. The van der Waals surface area contributed by atoms with Gasteiger partial charge in [0.1, 0.15) is 5.60 Å². The van der Waals surface area contributed by atoms with Crippen molar-refractivity contribution in [3.05, 3.63) is 0 Å². The highest BCUT2D eigenvalue weighted by Crippen LogP contribution is 2.29. The summed E-state index contributed by atoms with van der Waals surface area (Å²) in [6.07, 6.45) is -0.699. The Bertz CT molecular complexity index is 179. The Morgan fingerprint density at radius 3 is 2.00 bits per heavy atom. The Balaban J connectivity index is 4.01. The third kappa shape index (κ3) is 7.59. The molecular weight excluding hydrogens is 172 g/mol. The van der Waals surface area contributed by atoms with Crippen LogP contribution in [-0.4, -0.2) is 16.9 Å². The monoisotopic (exact) mass is 190 g/mol. The number of rotatable bonds is 3. The molecule has 0 aliphatic heterocycles. The van der Waals surface area contributed by atoms with E-state index in [9.17, 15) is 4.79 Å². The van der Waals surface area contributed by atoms with Crippen LogP contribution in [0.5, 0.6) is 0 Å². The summed E-state index contributed by atoms with van der Waals surface area (Å²) < 4.78 is 0. The van der Waals surface area contributed by atoms with E-state index in [0.717, 1.165) is 0 Å². The van der Waals surface area contributed by atoms with E-state index in [0.29, 0.717) is 6.42 Å². The van der Waals surface area contributed by atoms with Gasteiger partial charge in [-0.25, -0.2) is 4.79 Å². The molecule has 0 saturated heterocycles. The van der Waals surface area contributed by atoms with E-state index < -0.39 is 11.8 Å². The van der Waals surface area contributed by atoms with Gasteiger partial charge in [0, 0.05) is 0 Å². The van der Waals surface area contributed by atoms with Gasteiger partial charge in [-0.2, -0.15) is 4.89 Å². The first kappa shape index (κ1) is 12.2. The molecular formula is C9H18O4. The maximum absolute atomic E-state index is 10.1. The highest BCUT2D eigenvalue weighted by Gasteiger charge is 2.28. The summed E-state index contributed by atoms with van der Waals surface area (Å²) in [5.74, 6) is 0. The Morgan fingerprint density at radius 1 is 1.23 bits per heavy atom. The minimum absolute atomic E-state index is 0.0748. The number of carboxylic acid groups (broad SMARTS) is 1. The molecule has 0 bridgehead atoms. The van der Waals surface area contributed by atoms with E-state index >= 15 is 0 Å². The van der Waals surface area contributed by atoms with Crippen molar-refractivity contribution in [2.45, 2.75) is 46.6 Å². The van der Waals surface area contributed by atoms with Crippen molar-refractivity contribution in [3.8, 4) is 0 Å². The first-order valence-electron chi connectivity index (χ1n) is 4.21. The van der Waals surface area contributed by atoms with Crippen molar-refractivity contribution in [3.63, 3.8) is 0 Å². The summed E-state index contributed by atoms with van der Waals surface area (Å²) in [6.45, 7) is 9.75. The number of carbonyl (C=O) groups is 1. The van der Waals surface area contributed by atoms with Gasteiger partial charge in [0.15, 0.2) is 0 Å². The normalized spacial score (nSPS) is 12.7. The highest BCUT2D eigenvalue weighted by molar-refractivity contribution is 5.55. The van der Waals surface area contributed by atoms with Gasteiger partial charge >= 0.3 is 6.16 Å². The molecule has 78 valence electrons. The molecule has 0 aromatic rings. The average Bonchev–Trinajstić information content (AvgIpc) is 1.78. The fourth-order valence-corrected chi connectivity index (χ4v) is 1.46. The molecule has 0 aromatic carbocycles. The first-order valence-corrected chi connectivity index (χ1v) is 4.21. The summed E-state index contributed by atoms with van der Waals surface area (Å²) in [7, 11) is 0. The van der Waals surface area contributed by atoms with Crippen molar-refractivity contribution >= 4 is 6.16 Å². The van der Waals surface area contributed by atoms with Crippen molar-refractivity contribution in [1.29, 1.82) is 0 Å². The molecule has 4 heteroatoms. The second-order valence-corrected chi connectivity index (χ2v) is 4.93. The molecule has 0 radical (unpaired) electrons. The third-order valence-corrected chi connectivity index (χ3v) is 1.29. The molecule has 13 heavy (non-hydrogen) atoms. The topological polar surface area (TPSA) is 55.8 Å². The van der Waals surface area contributed by atoms with Crippen LogP contribution in [0.4, 0.5) is 4.79 Å². The van der Waals surface area contributed by atoms with Gasteiger partial charge < -0.3 is 5.11 Å². The summed E-state index contributed by atoms with van der Waals surface area (Å²) in [4.78, 5) is 18.9. The molecule has 0 aromatic heterocycles. The van der Waals surface area contributed by atoms with E-state index in [1.807, 2.05) is 0 Å². The largest absolute Gasteiger partial charge is 0.537 e. The van der Waals surface area contributed by atoms with Crippen LogP contribution in [0, 0.1) is 5.41 Å². The zero-order valence-electron chi connectivity index (χ0n) is 8.88. The van der Waals surface area contributed by atoms with Gasteiger partial charge in [0.05, 0.1) is 0 Å². The van der Waals surface area contributed by atoms with Gasteiger partial charge in [-0.05, 0) is 25.7 Å². The molecule has 0 aliphatic carbocycles. The van der Waals surface area contributed by atoms with Crippen molar-refractivity contribution in [2.75, 3.05) is 0 Å². The van der Waals surface area contributed by atoms with Gasteiger partial charge in [0.2, 0.25) is 0 Å². The molecule has 0 rings (SSSR count). The lowest BCUT2D eigenvalue weighted by atomic mass is 9.84. The van der Waals surface area contributed by atoms with E-state index in [-0.39, 0.29) is 5.41 Å². The van der Waals surface area contributed by atoms with E-state index in [1.165, 1.54) is 0 Å². The second kappa shape index (κ2) is 3.96. The van der Waals surface area contributed by atoms with Crippen molar-refractivity contribution in [1.82, 2.24) is 0 Å². The molecule has 0 atom stereocenters. The molecule has 1 N–H and O–H groups in total. The first-order chi connectivity index (χ1) is 5.62. The zero-order chi connectivity index (χ0) is 10.7. The zero-order valence-corrected chi connectivity index (χ0v) is 8.88. The molecule has 0 spiro atoms. The minimum atomic E-state index is -1.41. The van der Waals surface area contributed by atoms with Crippen LogP contribution in [0.15, 0.2) is 0 Å². The predicted molar refractivity (Wildman–Crippen MR) is 48.3 cm³/mol. The van der Waals surface area contributed by atoms with Crippen LogP contribution >= 0.6 is 0 Å². The molecule has 0 fully saturated rings. The quantitative estimate of drug-likeness (QED) is 0.549. The molecule has 0 aliphatic rings. The number of hydrogen-bond donors (Lipinski definition) is 1. The maximum atomic E-state index is 10.1. The van der Waals surface area contributed by atoms with Gasteiger partial charge in [-0.1, -0.05) is 20.8 Å². The lowest BCUT2D eigenvalue weighted by Gasteiger charge is -2.29. The standard InChI is InChI=1S/C9H18O4/c1-8(2,3)6-9(4,5)13-12-7(10)11/h6H2,1-5H3,(H,10,11). The van der Waals surface area contributed by atoms with Gasteiger partial charge in [-0.3, -0.25) is 4.89 Å².